The highest BCUT2D eigenvalue weighted by atomic mass is 32.1. The number of anilines is 1. The van der Waals surface area contributed by atoms with Crippen molar-refractivity contribution in [1.82, 2.24) is 9.97 Å². The molecule has 3 nitrogen and oxygen atoms in total. The number of benzene rings is 1. The average Bonchev–Trinajstić information content (AvgIpc) is 2.95. The van der Waals surface area contributed by atoms with Gasteiger partial charge in [0.25, 0.3) is 0 Å². The standard InChI is InChI=1S/C14H15N3S/c1-3-15-14-17-13(8-18-14)11-7-16-12-5-4-9(2)6-10(11)12/h4-8,16H,3H2,1-2H3,(H,15,17). The third kappa shape index (κ3) is 1.88. The minimum Gasteiger partial charge on any atom is -0.362 e. The van der Waals surface area contributed by atoms with Crippen LogP contribution in [0, 0.1) is 6.92 Å². The van der Waals surface area contributed by atoms with E-state index in [1.165, 1.54) is 16.5 Å². The van der Waals surface area contributed by atoms with E-state index in [4.69, 9.17) is 0 Å². The van der Waals surface area contributed by atoms with Crippen LogP contribution in [-0.2, 0) is 0 Å². The van der Waals surface area contributed by atoms with Crippen LogP contribution in [0.1, 0.15) is 12.5 Å². The molecule has 4 heteroatoms. The van der Waals surface area contributed by atoms with Crippen molar-refractivity contribution in [2.45, 2.75) is 13.8 Å². The second-order valence-electron chi connectivity index (χ2n) is 4.32. The first kappa shape index (κ1) is 11.3. The maximum Gasteiger partial charge on any atom is 0.183 e. The van der Waals surface area contributed by atoms with Gasteiger partial charge in [-0.3, -0.25) is 0 Å². The van der Waals surface area contributed by atoms with Crippen LogP contribution in [-0.4, -0.2) is 16.5 Å². The van der Waals surface area contributed by atoms with E-state index in [-0.39, 0.29) is 0 Å². The van der Waals surface area contributed by atoms with Crippen LogP contribution in [0.15, 0.2) is 29.8 Å². The van der Waals surface area contributed by atoms with Gasteiger partial charge in [0.1, 0.15) is 0 Å². The molecule has 0 aliphatic carbocycles. The molecule has 0 spiro atoms. The predicted molar refractivity (Wildman–Crippen MR) is 78.3 cm³/mol. The molecule has 0 radical (unpaired) electrons. The van der Waals surface area contributed by atoms with Gasteiger partial charge in [-0.1, -0.05) is 11.6 Å². The van der Waals surface area contributed by atoms with Gasteiger partial charge in [0.05, 0.1) is 5.69 Å². The van der Waals surface area contributed by atoms with Crippen LogP contribution in [0.4, 0.5) is 5.13 Å². The fraction of sp³-hybridized carbons (Fsp3) is 0.214. The lowest BCUT2D eigenvalue weighted by Gasteiger charge is -1.97. The van der Waals surface area contributed by atoms with Crippen molar-refractivity contribution in [3.8, 4) is 11.3 Å². The smallest absolute Gasteiger partial charge is 0.183 e. The minimum absolute atomic E-state index is 0.903. The Bertz CT molecular complexity index is 681. The number of fused-ring (bicyclic) bond motifs is 1. The molecular formula is C14H15N3S. The van der Waals surface area contributed by atoms with E-state index in [0.717, 1.165) is 22.9 Å². The molecule has 2 aromatic heterocycles. The minimum atomic E-state index is 0.903. The molecule has 18 heavy (non-hydrogen) atoms. The van der Waals surface area contributed by atoms with Gasteiger partial charge in [0, 0.05) is 34.6 Å². The van der Waals surface area contributed by atoms with E-state index in [9.17, 15) is 0 Å². The molecule has 0 amide bonds. The Kier molecular flexibility index (Phi) is 2.80. The summed E-state index contributed by atoms with van der Waals surface area (Å²) in [4.78, 5) is 7.91. The van der Waals surface area contributed by atoms with Crippen LogP contribution in [0.2, 0.25) is 0 Å². The zero-order chi connectivity index (χ0) is 12.5. The molecule has 0 saturated heterocycles. The summed E-state index contributed by atoms with van der Waals surface area (Å²) >= 11 is 1.65. The Balaban J connectivity index is 2.09. The van der Waals surface area contributed by atoms with E-state index in [1.54, 1.807) is 11.3 Å². The molecule has 3 rings (SSSR count). The Hall–Kier alpha value is -1.81. The number of hydrogen-bond donors (Lipinski definition) is 2. The van der Waals surface area contributed by atoms with Gasteiger partial charge in [-0.25, -0.2) is 4.98 Å². The van der Waals surface area contributed by atoms with Crippen LogP contribution in [0.25, 0.3) is 22.2 Å². The van der Waals surface area contributed by atoms with Gasteiger partial charge in [-0.2, -0.15) is 0 Å². The SMILES string of the molecule is CCNc1nc(-c2c[nH]c3ccc(C)cc23)cs1. The molecule has 0 unspecified atom stereocenters. The maximum atomic E-state index is 4.61. The zero-order valence-electron chi connectivity index (χ0n) is 10.4. The van der Waals surface area contributed by atoms with Crippen molar-refractivity contribution in [2.75, 3.05) is 11.9 Å². The molecule has 0 fully saturated rings. The lowest BCUT2D eigenvalue weighted by atomic mass is 10.1. The first-order valence-corrected chi connectivity index (χ1v) is 6.93. The highest BCUT2D eigenvalue weighted by Crippen LogP contribution is 2.31. The average molecular weight is 257 g/mol. The molecule has 0 aliphatic rings. The Morgan fingerprint density at radius 2 is 2.28 bits per heavy atom. The zero-order valence-corrected chi connectivity index (χ0v) is 11.3. The maximum absolute atomic E-state index is 4.61. The Morgan fingerprint density at radius 1 is 1.39 bits per heavy atom. The number of nitrogens with zero attached hydrogens (tertiary/aromatic N) is 1. The van der Waals surface area contributed by atoms with Gasteiger partial charge in [0.15, 0.2) is 5.13 Å². The van der Waals surface area contributed by atoms with Gasteiger partial charge in [-0.15, -0.1) is 11.3 Å². The molecule has 2 N–H and O–H groups in total. The summed E-state index contributed by atoms with van der Waals surface area (Å²) in [5.41, 5.74) is 4.64. The van der Waals surface area contributed by atoms with Crippen LogP contribution < -0.4 is 5.32 Å². The van der Waals surface area contributed by atoms with E-state index in [0.29, 0.717) is 0 Å². The molecular weight excluding hydrogens is 242 g/mol. The largest absolute Gasteiger partial charge is 0.362 e. The highest BCUT2D eigenvalue weighted by molar-refractivity contribution is 7.14. The van der Waals surface area contributed by atoms with Crippen molar-refractivity contribution >= 4 is 27.4 Å². The monoisotopic (exact) mass is 257 g/mol. The van der Waals surface area contributed by atoms with Gasteiger partial charge in [-0.05, 0) is 26.0 Å². The third-order valence-corrected chi connectivity index (χ3v) is 3.75. The van der Waals surface area contributed by atoms with Crippen molar-refractivity contribution in [3.05, 3.63) is 35.3 Å². The third-order valence-electron chi connectivity index (χ3n) is 2.95. The van der Waals surface area contributed by atoms with E-state index in [1.807, 2.05) is 6.20 Å². The number of thiazole rings is 1. The topological polar surface area (TPSA) is 40.7 Å². The number of nitrogens with one attached hydrogen (secondary N) is 2. The number of rotatable bonds is 3. The fourth-order valence-corrected chi connectivity index (χ4v) is 2.86. The van der Waals surface area contributed by atoms with Crippen molar-refractivity contribution < 1.29 is 0 Å². The number of aromatic amines is 1. The summed E-state index contributed by atoms with van der Waals surface area (Å²) in [6, 6.07) is 6.44. The first-order valence-electron chi connectivity index (χ1n) is 6.05. The number of hydrogen-bond acceptors (Lipinski definition) is 3. The summed E-state index contributed by atoms with van der Waals surface area (Å²) in [5.74, 6) is 0. The van der Waals surface area contributed by atoms with Crippen molar-refractivity contribution in [1.29, 1.82) is 0 Å². The molecule has 92 valence electrons. The van der Waals surface area contributed by atoms with Gasteiger partial charge in [0.2, 0.25) is 0 Å². The van der Waals surface area contributed by atoms with E-state index < -0.39 is 0 Å². The predicted octanol–water partition coefficient (Wildman–Crippen LogP) is 4.03. The molecule has 0 atom stereocenters. The molecule has 2 heterocycles. The Labute approximate surface area is 110 Å². The van der Waals surface area contributed by atoms with E-state index in [2.05, 4.69) is 52.7 Å². The number of aromatic nitrogens is 2. The molecule has 3 aromatic rings. The fourth-order valence-electron chi connectivity index (χ4n) is 2.08. The second-order valence-corrected chi connectivity index (χ2v) is 5.18. The molecule has 1 aromatic carbocycles. The lowest BCUT2D eigenvalue weighted by molar-refractivity contribution is 1.19. The molecule has 0 bridgehead atoms. The summed E-state index contributed by atoms with van der Waals surface area (Å²) in [6.07, 6.45) is 2.04. The first-order chi connectivity index (χ1) is 8.78. The van der Waals surface area contributed by atoms with Crippen molar-refractivity contribution in [3.63, 3.8) is 0 Å². The quantitative estimate of drug-likeness (QED) is 0.743. The summed E-state index contributed by atoms with van der Waals surface area (Å²) < 4.78 is 0. The van der Waals surface area contributed by atoms with Crippen LogP contribution >= 0.6 is 11.3 Å². The van der Waals surface area contributed by atoms with E-state index >= 15 is 0 Å². The van der Waals surface area contributed by atoms with Crippen LogP contribution in [0.3, 0.4) is 0 Å². The normalized spacial score (nSPS) is 11.0. The summed E-state index contributed by atoms with van der Waals surface area (Å²) in [7, 11) is 0. The summed E-state index contributed by atoms with van der Waals surface area (Å²) in [6.45, 7) is 5.09. The van der Waals surface area contributed by atoms with Gasteiger partial charge >= 0.3 is 0 Å². The number of aryl methyl sites for hydroxylation is 1. The number of H-pyrrole nitrogens is 1. The van der Waals surface area contributed by atoms with Crippen molar-refractivity contribution in [2.24, 2.45) is 0 Å². The highest BCUT2D eigenvalue weighted by Gasteiger charge is 2.09. The second kappa shape index (κ2) is 4.46. The molecule has 0 saturated carbocycles. The van der Waals surface area contributed by atoms with Crippen LogP contribution in [0.5, 0.6) is 0 Å². The van der Waals surface area contributed by atoms with Gasteiger partial charge < -0.3 is 10.3 Å². The molecule has 0 aliphatic heterocycles. The Morgan fingerprint density at radius 3 is 3.11 bits per heavy atom. The lowest BCUT2D eigenvalue weighted by Crippen LogP contribution is -1.94. The summed E-state index contributed by atoms with van der Waals surface area (Å²) in [5, 5.41) is 7.57.